The van der Waals surface area contributed by atoms with E-state index in [4.69, 9.17) is 0 Å². The van der Waals surface area contributed by atoms with Gasteiger partial charge in [0.05, 0.1) is 6.04 Å². The van der Waals surface area contributed by atoms with Crippen molar-refractivity contribution in [3.8, 4) is 0 Å². The molecule has 58 heavy (non-hydrogen) atoms. The fraction of sp³-hybridized carbons (Fsp3) is 0.837. The molecule has 7 atom stereocenters. The van der Waals surface area contributed by atoms with Gasteiger partial charge in [-0.25, -0.2) is 4.72 Å². The van der Waals surface area contributed by atoms with Crippen molar-refractivity contribution in [2.24, 2.45) is 28.1 Å². The Labute approximate surface area is 348 Å². The Bertz CT molecular complexity index is 1670. The number of amides is 5. The second-order valence-electron chi connectivity index (χ2n) is 19.8. The maximum Gasteiger partial charge on any atom is 0.303 e. The van der Waals surface area contributed by atoms with Crippen LogP contribution in [0.5, 0.6) is 0 Å². The molecule has 5 amide bonds. The first-order valence-corrected chi connectivity index (χ1v) is 23.5. The van der Waals surface area contributed by atoms with Crippen LogP contribution >= 0.6 is 0 Å². The van der Waals surface area contributed by atoms with E-state index < -0.39 is 62.4 Å². The summed E-state index contributed by atoms with van der Waals surface area (Å²) in [6.45, 7) is 19.9. The highest BCUT2D eigenvalue weighted by Crippen LogP contribution is 2.57. The van der Waals surface area contributed by atoms with E-state index in [0.717, 1.165) is 88.0 Å². The maximum absolute atomic E-state index is 15.2. The number of hydrogen-bond acceptors (Lipinski definition) is 8. The second-order valence-corrected chi connectivity index (χ2v) is 21.6. The van der Waals surface area contributed by atoms with E-state index in [2.05, 4.69) is 46.0 Å². The van der Waals surface area contributed by atoms with Crippen molar-refractivity contribution in [1.29, 1.82) is 0 Å². The van der Waals surface area contributed by atoms with Crippen molar-refractivity contribution >= 4 is 39.7 Å². The van der Waals surface area contributed by atoms with E-state index in [-0.39, 0.29) is 48.1 Å². The third-order valence-corrected chi connectivity index (χ3v) is 16.0. The van der Waals surface area contributed by atoms with Crippen LogP contribution in [0, 0.1) is 28.1 Å². The number of rotatable bonds is 15. The second kappa shape index (κ2) is 17.9. The fourth-order valence-electron chi connectivity index (χ4n) is 10.5. The van der Waals surface area contributed by atoms with E-state index in [0.29, 0.717) is 19.4 Å². The van der Waals surface area contributed by atoms with Gasteiger partial charge in [-0.1, -0.05) is 86.6 Å². The number of carbonyl (C=O) groups excluding carboxylic acids is 5. The Kier molecular flexibility index (Phi) is 14.2. The van der Waals surface area contributed by atoms with Gasteiger partial charge < -0.3 is 20.9 Å². The summed E-state index contributed by atoms with van der Waals surface area (Å²) in [5.41, 5.74) is -2.93. The minimum Gasteiger partial charge on any atom is -0.343 e. The normalized spacial score (nSPS) is 30.1. The molecule has 2 saturated heterocycles. The van der Waals surface area contributed by atoms with Crippen LogP contribution in [0.15, 0.2) is 12.7 Å². The molecule has 2 aliphatic heterocycles. The molecule has 15 heteroatoms. The molecule has 0 bridgehead atoms. The van der Waals surface area contributed by atoms with Gasteiger partial charge in [-0.05, 0) is 93.0 Å². The van der Waals surface area contributed by atoms with Crippen molar-refractivity contribution in [2.45, 2.75) is 168 Å². The molecule has 1 spiro atoms. The number of nitrogens with one attached hydrogen (secondary N) is 4. The zero-order valence-corrected chi connectivity index (χ0v) is 37.4. The molecule has 0 aromatic rings. The van der Waals surface area contributed by atoms with Crippen LogP contribution in [-0.2, 0) is 34.2 Å². The van der Waals surface area contributed by atoms with Crippen LogP contribution in [0.1, 0.15) is 138 Å². The molecular weight excluding hydrogens is 759 g/mol. The van der Waals surface area contributed by atoms with Gasteiger partial charge in [-0.15, -0.1) is 6.58 Å². The monoisotopic (exact) mass is 832 g/mol. The standard InChI is InChI=1S/C43H73N7O7S/c1-10-24-48(9)58(56,57)47-39(55)43(26-30(43)11-2)46-36(52)32-27-42(23-17-16-22-41(42,7)8)28-50(32)38(54)34(40(4,5)6)45-37(53)33(29-19-14-13-15-20-29)44-35(51)31-21-18-25-49(31)12-3/h11,29-34H,2,10,12-28H2,1,3-9H3,(H,44,51)(H,45,53)(H,46,52)(H,47,55). The highest BCUT2D eigenvalue weighted by molar-refractivity contribution is 7.87. The van der Waals surface area contributed by atoms with Crippen molar-refractivity contribution in [2.75, 3.05) is 33.2 Å². The van der Waals surface area contributed by atoms with Crippen molar-refractivity contribution < 1.29 is 32.4 Å². The largest absolute Gasteiger partial charge is 0.343 e. The summed E-state index contributed by atoms with van der Waals surface area (Å²) >= 11 is 0. The molecule has 328 valence electrons. The summed E-state index contributed by atoms with van der Waals surface area (Å²) in [4.78, 5) is 75.8. The van der Waals surface area contributed by atoms with Crippen LogP contribution in [0.25, 0.3) is 0 Å². The van der Waals surface area contributed by atoms with Crippen molar-refractivity contribution in [3.63, 3.8) is 0 Å². The van der Waals surface area contributed by atoms with Crippen LogP contribution in [0.4, 0.5) is 0 Å². The number of carbonyl (C=O) groups is 5. The lowest BCUT2D eigenvalue weighted by molar-refractivity contribution is -0.145. The van der Waals surface area contributed by atoms with Gasteiger partial charge in [-0.3, -0.25) is 28.9 Å². The molecule has 5 rings (SSSR count). The zero-order chi connectivity index (χ0) is 42.8. The van der Waals surface area contributed by atoms with Crippen LogP contribution in [-0.4, -0.2) is 115 Å². The molecule has 5 fully saturated rings. The molecule has 3 aliphatic carbocycles. The summed E-state index contributed by atoms with van der Waals surface area (Å²) in [5, 5.41) is 9.21. The third-order valence-electron chi connectivity index (χ3n) is 14.6. The van der Waals surface area contributed by atoms with Crippen LogP contribution in [0.3, 0.4) is 0 Å². The lowest BCUT2D eigenvalue weighted by atomic mass is 9.57. The predicted octanol–water partition coefficient (Wildman–Crippen LogP) is 4.02. The minimum atomic E-state index is -4.17. The average molecular weight is 832 g/mol. The molecule has 5 aliphatic rings. The van der Waals surface area contributed by atoms with E-state index in [1.807, 2.05) is 34.6 Å². The Morgan fingerprint density at radius 1 is 0.897 bits per heavy atom. The fourth-order valence-corrected chi connectivity index (χ4v) is 11.5. The molecule has 4 N–H and O–H groups in total. The quantitative estimate of drug-likeness (QED) is 0.179. The molecule has 0 aromatic carbocycles. The number of hydrogen-bond donors (Lipinski definition) is 4. The Balaban J connectivity index is 1.44. The minimum absolute atomic E-state index is 0.0641. The zero-order valence-electron chi connectivity index (χ0n) is 36.6. The van der Waals surface area contributed by atoms with Gasteiger partial charge in [0.25, 0.3) is 5.91 Å². The van der Waals surface area contributed by atoms with Gasteiger partial charge in [0.1, 0.15) is 23.7 Å². The van der Waals surface area contributed by atoms with Gasteiger partial charge in [0, 0.05) is 26.1 Å². The Hall–Kier alpha value is -3.04. The van der Waals surface area contributed by atoms with Gasteiger partial charge in [-0.2, -0.15) is 12.7 Å². The topological polar surface area (TPSA) is 177 Å². The van der Waals surface area contributed by atoms with E-state index >= 15 is 4.79 Å². The molecular formula is C43H73N7O7S. The lowest BCUT2D eigenvalue weighted by Gasteiger charge is -2.48. The molecule has 2 heterocycles. The number of likely N-dealkylation sites (N-methyl/N-ethyl adjacent to an activating group) is 1. The summed E-state index contributed by atoms with van der Waals surface area (Å²) in [6.07, 6.45) is 12.6. The Morgan fingerprint density at radius 2 is 1.57 bits per heavy atom. The number of likely N-dealkylation sites (tertiary alicyclic amines) is 2. The van der Waals surface area contributed by atoms with Gasteiger partial charge in [0.2, 0.25) is 23.6 Å². The SMILES string of the molecule is C=CC1CC1(NC(=O)C1CC2(CCCCC2(C)C)CN1C(=O)C(NC(=O)C(NC(=O)C1CCCN1CC)C1CCCCC1)C(C)(C)C)C(=O)NS(=O)(=O)N(C)CCC. The number of nitrogens with zero attached hydrogens (tertiary/aromatic N) is 3. The molecule has 0 aromatic heterocycles. The van der Waals surface area contributed by atoms with Crippen molar-refractivity contribution in [3.05, 3.63) is 12.7 Å². The average Bonchev–Trinajstić information content (AvgIpc) is 3.46. The highest BCUT2D eigenvalue weighted by Gasteiger charge is 2.63. The maximum atomic E-state index is 15.2. The summed E-state index contributed by atoms with van der Waals surface area (Å²) in [5.74, 6) is -2.87. The molecule has 14 nitrogen and oxygen atoms in total. The first-order valence-electron chi connectivity index (χ1n) is 22.1. The first kappa shape index (κ1) is 46.0. The van der Waals surface area contributed by atoms with E-state index in [1.54, 1.807) is 11.0 Å². The van der Waals surface area contributed by atoms with Crippen molar-refractivity contribution in [1.82, 2.24) is 34.8 Å². The summed E-state index contributed by atoms with van der Waals surface area (Å²) < 4.78 is 29.4. The lowest BCUT2D eigenvalue weighted by Crippen LogP contribution is -2.63. The first-order chi connectivity index (χ1) is 27.2. The third kappa shape index (κ3) is 9.46. The Morgan fingerprint density at radius 3 is 2.16 bits per heavy atom. The highest BCUT2D eigenvalue weighted by atomic mass is 32.2. The van der Waals surface area contributed by atoms with Crippen LogP contribution < -0.4 is 20.7 Å². The smallest absolute Gasteiger partial charge is 0.303 e. The van der Waals surface area contributed by atoms with E-state index in [1.165, 1.54) is 7.05 Å². The summed E-state index contributed by atoms with van der Waals surface area (Å²) in [6, 6.07) is -3.10. The molecule has 3 saturated carbocycles. The predicted molar refractivity (Wildman–Crippen MR) is 224 cm³/mol. The molecule has 0 radical (unpaired) electrons. The van der Waals surface area contributed by atoms with Gasteiger partial charge in [0.15, 0.2) is 0 Å². The van der Waals surface area contributed by atoms with E-state index in [9.17, 15) is 27.6 Å². The van der Waals surface area contributed by atoms with Gasteiger partial charge >= 0.3 is 10.2 Å². The molecule has 7 unspecified atom stereocenters. The summed E-state index contributed by atoms with van der Waals surface area (Å²) in [7, 11) is -2.78. The van der Waals surface area contributed by atoms with Crippen LogP contribution in [0.2, 0.25) is 0 Å².